The summed E-state index contributed by atoms with van der Waals surface area (Å²) < 4.78 is 5.34. The van der Waals surface area contributed by atoms with Crippen molar-refractivity contribution < 1.29 is 9.53 Å². The van der Waals surface area contributed by atoms with Crippen LogP contribution < -0.4 is 0 Å². The van der Waals surface area contributed by atoms with Crippen molar-refractivity contribution in [2.45, 2.75) is 33.6 Å². The molecule has 20 heavy (non-hydrogen) atoms. The molecule has 0 aliphatic rings. The molecule has 1 unspecified atom stereocenters. The largest absolute Gasteiger partial charge is 0.465 e. The number of hydrogen-bond acceptors (Lipinski definition) is 2. The monoisotopic (exact) mass is 272 g/mol. The van der Waals surface area contributed by atoms with Crippen molar-refractivity contribution in [3.05, 3.63) is 59.7 Å². The Bertz CT molecular complexity index is 458. The van der Waals surface area contributed by atoms with E-state index in [1.54, 1.807) is 0 Å². The highest BCUT2D eigenvalue weighted by atomic mass is 16.5. The molecule has 0 saturated heterocycles. The average Bonchev–Trinajstić information content (AvgIpc) is 2.46. The molecule has 0 spiro atoms. The number of allylic oxidation sites excluding steroid dienone is 3. The van der Waals surface area contributed by atoms with Crippen LogP contribution in [0.1, 0.15) is 32.8 Å². The van der Waals surface area contributed by atoms with Crippen LogP contribution in [-0.4, -0.2) is 12.6 Å². The minimum Gasteiger partial charge on any atom is -0.465 e. The third kappa shape index (κ3) is 6.37. The highest BCUT2D eigenvalue weighted by Gasteiger charge is 2.09. The normalized spacial score (nSPS) is 13.4. The predicted molar refractivity (Wildman–Crippen MR) is 83.5 cm³/mol. The van der Waals surface area contributed by atoms with Crippen LogP contribution in [0.5, 0.6) is 0 Å². The van der Waals surface area contributed by atoms with Crippen LogP contribution in [0.25, 0.3) is 0 Å². The van der Waals surface area contributed by atoms with E-state index in [4.69, 9.17) is 4.74 Å². The molecule has 1 rings (SSSR count). The van der Waals surface area contributed by atoms with Gasteiger partial charge in [-0.2, -0.15) is 0 Å². The average molecular weight is 272 g/mol. The van der Waals surface area contributed by atoms with Gasteiger partial charge in [0.1, 0.15) is 0 Å². The van der Waals surface area contributed by atoms with Gasteiger partial charge in [-0.15, -0.1) is 0 Å². The fourth-order valence-electron chi connectivity index (χ4n) is 1.75. The molecule has 2 heteroatoms. The number of rotatable bonds is 7. The molecule has 0 aliphatic carbocycles. The highest BCUT2D eigenvalue weighted by Crippen LogP contribution is 2.12. The molecule has 1 atom stereocenters. The number of carbonyl (C=O) groups is 1. The molecule has 0 heterocycles. The molecular formula is C18H24O2. The lowest BCUT2D eigenvalue weighted by molar-refractivity contribution is -0.143. The standard InChI is InChI=1S/C18H24O2/c1-4-5-7-10-15(2)16(3)14-20-18(19)13-17-11-8-6-9-12-17/h4-6,8-12,16H,7,13-14H2,1-3H3/b5-4+,15-10+. The van der Waals surface area contributed by atoms with E-state index in [1.165, 1.54) is 5.57 Å². The SMILES string of the molecule is C/C=C/C/C=C(\C)C(C)COC(=O)Cc1ccccc1. The summed E-state index contributed by atoms with van der Waals surface area (Å²) in [5.41, 5.74) is 2.25. The van der Waals surface area contributed by atoms with Gasteiger partial charge in [-0.1, -0.05) is 61.1 Å². The van der Waals surface area contributed by atoms with Gasteiger partial charge in [-0.3, -0.25) is 4.79 Å². The summed E-state index contributed by atoms with van der Waals surface area (Å²) in [4.78, 5) is 11.7. The van der Waals surface area contributed by atoms with Crippen molar-refractivity contribution in [2.24, 2.45) is 5.92 Å². The Balaban J connectivity index is 2.35. The maximum atomic E-state index is 11.7. The topological polar surface area (TPSA) is 26.3 Å². The Morgan fingerprint density at radius 1 is 1.30 bits per heavy atom. The minimum absolute atomic E-state index is 0.163. The molecule has 1 aromatic rings. The van der Waals surface area contributed by atoms with Gasteiger partial charge < -0.3 is 4.74 Å². The summed E-state index contributed by atoms with van der Waals surface area (Å²) in [5, 5.41) is 0. The van der Waals surface area contributed by atoms with Crippen molar-refractivity contribution in [2.75, 3.05) is 6.61 Å². The number of benzene rings is 1. The number of ether oxygens (including phenoxy) is 1. The van der Waals surface area contributed by atoms with Gasteiger partial charge in [-0.25, -0.2) is 0 Å². The van der Waals surface area contributed by atoms with E-state index < -0.39 is 0 Å². The van der Waals surface area contributed by atoms with E-state index >= 15 is 0 Å². The second-order valence-electron chi connectivity index (χ2n) is 5.00. The summed E-state index contributed by atoms with van der Waals surface area (Å²) in [6.45, 7) is 6.62. The lowest BCUT2D eigenvalue weighted by Crippen LogP contribution is -2.14. The smallest absolute Gasteiger partial charge is 0.310 e. The molecule has 2 nitrogen and oxygen atoms in total. The van der Waals surface area contributed by atoms with Crippen LogP contribution in [-0.2, 0) is 16.0 Å². The van der Waals surface area contributed by atoms with E-state index in [9.17, 15) is 4.79 Å². The first kappa shape index (κ1) is 16.2. The van der Waals surface area contributed by atoms with Crippen molar-refractivity contribution in [3.63, 3.8) is 0 Å². The highest BCUT2D eigenvalue weighted by molar-refractivity contribution is 5.72. The van der Waals surface area contributed by atoms with Crippen molar-refractivity contribution in [1.82, 2.24) is 0 Å². The third-order valence-corrected chi connectivity index (χ3v) is 3.27. The first-order valence-corrected chi connectivity index (χ1v) is 7.10. The molecule has 0 amide bonds. The molecule has 1 aromatic carbocycles. The molecular weight excluding hydrogens is 248 g/mol. The fraction of sp³-hybridized carbons (Fsp3) is 0.389. The molecule has 0 saturated carbocycles. The summed E-state index contributed by atoms with van der Waals surface area (Å²) in [7, 11) is 0. The molecule has 0 aliphatic heterocycles. The zero-order valence-electron chi connectivity index (χ0n) is 12.6. The number of carbonyl (C=O) groups excluding carboxylic acids is 1. The zero-order valence-corrected chi connectivity index (χ0v) is 12.6. The molecule has 0 N–H and O–H groups in total. The second kappa shape index (κ2) is 9.13. The zero-order chi connectivity index (χ0) is 14.8. The van der Waals surface area contributed by atoms with Crippen LogP contribution in [0, 0.1) is 5.92 Å². The van der Waals surface area contributed by atoms with Crippen molar-refractivity contribution >= 4 is 5.97 Å². The molecule has 0 aromatic heterocycles. The van der Waals surface area contributed by atoms with E-state index in [0.29, 0.717) is 13.0 Å². The van der Waals surface area contributed by atoms with Gasteiger partial charge in [0.15, 0.2) is 0 Å². The maximum Gasteiger partial charge on any atom is 0.310 e. The van der Waals surface area contributed by atoms with E-state index in [-0.39, 0.29) is 11.9 Å². The fourth-order valence-corrected chi connectivity index (χ4v) is 1.75. The van der Waals surface area contributed by atoms with Gasteiger partial charge in [0.2, 0.25) is 0 Å². The summed E-state index contributed by atoms with van der Waals surface area (Å²) in [6, 6.07) is 9.68. The van der Waals surface area contributed by atoms with Crippen LogP contribution in [0.4, 0.5) is 0 Å². The van der Waals surface area contributed by atoms with Crippen LogP contribution in [0.3, 0.4) is 0 Å². The molecule has 0 fully saturated rings. The molecule has 0 radical (unpaired) electrons. The van der Waals surface area contributed by atoms with Gasteiger partial charge in [0.25, 0.3) is 0 Å². The quantitative estimate of drug-likeness (QED) is 0.546. The van der Waals surface area contributed by atoms with E-state index in [0.717, 1.165) is 12.0 Å². The summed E-state index contributed by atoms with van der Waals surface area (Å²) in [5.74, 6) is 0.101. The van der Waals surface area contributed by atoms with Crippen LogP contribution in [0.2, 0.25) is 0 Å². The second-order valence-corrected chi connectivity index (χ2v) is 5.00. The lowest BCUT2D eigenvalue weighted by Gasteiger charge is -2.13. The maximum absolute atomic E-state index is 11.7. The Hall–Kier alpha value is -1.83. The first-order valence-electron chi connectivity index (χ1n) is 7.10. The summed E-state index contributed by atoms with van der Waals surface area (Å²) in [6.07, 6.45) is 7.60. The molecule has 108 valence electrons. The van der Waals surface area contributed by atoms with Crippen LogP contribution in [0.15, 0.2) is 54.1 Å². The van der Waals surface area contributed by atoms with Crippen molar-refractivity contribution in [1.29, 1.82) is 0 Å². The van der Waals surface area contributed by atoms with Crippen molar-refractivity contribution in [3.8, 4) is 0 Å². The Morgan fingerprint density at radius 3 is 2.65 bits per heavy atom. The van der Waals surface area contributed by atoms with Crippen LogP contribution >= 0.6 is 0 Å². The minimum atomic E-state index is -0.163. The van der Waals surface area contributed by atoms with Gasteiger partial charge in [-0.05, 0) is 25.8 Å². The summed E-state index contributed by atoms with van der Waals surface area (Å²) >= 11 is 0. The number of esters is 1. The van der Waals surface area contributed by atoms with Gasteiger partial charge >= 0.3 is 5.97 Å². The molecule has 0 bridgehead atoms. The van der Waals surface area contributed by atoms with Gasteiger partial charge in [0, 0.05) is 5.92 Å². The van der Waals surface area contributed by atoms with E-state index in [2.05, 4.69) is 26.0 Å². The predicted octanol–water partition coefficient (Wildman–Crippen LogP) is 4.32. The first-order chi connectivity index (χ1) is 9.63. The Labute approximate surface area is 122 Å². The number of hydrogen-bond donors (Lipinski definition) is 0. The lowest BCUT2D eigenvalue weighted by atomic mass is 10.0. The third-order valence-electron chi connectivity index (χ3n) is 3.27. The van der Waals surface area contributed by atoms with Gasteiger partial charge in [0.05, 0.1) is 13.0 Å². The van der Waals surface area contributed by atoms with E-state index in [1.807, 2.05) is 43.3 Å². The Kier molecular flexibility index (Phi) is 7.41. The Morgan fingerprint density at radius 2 is 2.00 bits per heavy atom.